The molecule has 1 saturated heterocycles. The van der Waals surface area contributed by atoms with Crippen LogP contribution in [0.3, 0.4) is 0 Å². The Labute approximate surface area is 96.6 Å². The molecule has 5 nitrogen and oxygen atoms in total. The fraction of sp³-hybridized carbons (Fsp3) is 1.00. The van der Waals surface area contributed by atoms with Gasteiger partial charge in [0.1, 0.15) is 18.3 Å². The third kappa shape index (κ3) is 2.92. The molecule has 0 amide bonds. The second-order valence-corrected chi connectivity index (χ2v) is 3.16. The van der Waals surface area contributed by atoms with Gasteiger partial charge >= 0.3 is 22.4 Å². The molecular formula is C6H11AuO5S. The van der Waals surface area contributed by atoms with Gasteiger partial charge < -0.3 is 37.8 Å². The average molecular weight is 392 g/mol. The molecule has 7 heteroatoms. The molecule has 0 aromatic carbocycles. The van der Waals surface area contributed by atoms with E-state index < -0.39 is 36.5 Å². The van der Waals surface area contributed by atoms with E-state index in [4.69, 9.17) is 20.1 Å². The van der Waals surface area contributed by atoms with Crippen LogP contribution in [0.5, 0.6) is 0 Å². The van der Waals surface area contributed by atoms with Crippen molar-refractivity contribution in [3.05, 3.63) is 0 Å². The Bertz CT molecular complexity index is 155. The fourth-order valence-electron chi connectivity index (χ4n) is 1.07. The summed E-state index contributed by atoms with van der Waals surface area (Å²) in [6.07, 6.45) is -4.83. The molecule has 0 saturated carbocycles. The normalized spacial score (nSPS) is 45.5. The van der Waals surface area contributed by atoms with Crippen LogP contribution in [-0.2, 0) is 39.7 Å². The molecule has 4 N–H and O–H groups in total. The maximum absolute atomic E-state index is 9.18. The molecule has 0 radical (unpaired) electrons. The van der Waals surface area contributed by atoms with Crippen LogP contribution in [0.2, 0.25) is 0 Å². The Morgan fingerprint density at radius 1 is 1.08 bits per heavy atom. The number of rotatable bonds is 1. The van der Waals surface area contributed by atoms with E-state index >= 15 is 0 Å². The topological polar surface area (TPSA) is 90.2 Å². The first-order valence-electron chi connectivity index (χ1n) is 3.54. The molecule has 1 fully saturated rings. The first-order valence-corrected chi connectivity index (χ1v) is 4.01. The second kappa shape index (κ2) is 5.69. The van der Waals surface area contributed by atoms with Crippen molar-refractivity contribution in [1.29, 1.82) is 0 Å². The van der Waals surface area contributed by atoms with E-state index in [0.717, 1.165) is 0 Å². The van der Waals surface area contributed by atoms with Gasteiger partial charge in [-0.25, -0.2) is 0 Å². The van der Waals surface area contributed by atoms with Crippen LogP contribution in [0.15, 0.2) is 0 Å². The van der Waals surface area contributed by atoms with Crippen LogP contribution in [0.25, 0.3) is 0 Å². The molecule has 13 heavy (non-hydrogen) atoms. The molecular weight excluding hydrogens is 381 g/mol. The zero-order valence-corrected chi connectivity index (χ0v) is 9.48. The third-order valence-electron chi connectivity index (χ3n) is 1.85. The van der Waals surface area contributed by atoms with Gasteiger partial charge in [0, 0.05) is 0 Å². The van der Waals surface area contributed by atoms with E-state index in [1.807, 2.05) is 0 Å². The minimum Gasteiger partial charge on any atom is -0.759 e. The van der Waals surface area contributed by atoms with Gasteiger partial charge in [-0.2, -0.15) is 0 Å². The molecule has 1 aliphatic rings. The van der Waals surface area contributed by atoms with E-state index in [1.165, 1.54) is 0 Å². The van der Waals surface area contributed by atoms with E-state index in [1.54, 1.807) is 0 Å². The summed E-state index contributed by atoms with van der Waals surface area (Å²) in [4.78, 5) is 0. The smallest absolute Gasteiger partial charge is 0.759 e. The largest absolute Gasteiger partial charge is 1.00 e. The van der Waals surface area contributed by atoms with Crippen molar-refractivity contribution in [2.45, 2.75) is 29.9 Å². The van der Waals surface area contributed by atoms with Crippen LogP contribution in [-0.4, -0.2) is 56.9 Å². The van der Waals surface area contributed by atoms with Crippen molar-refractivity contribution in [2.75, 3.05) is 6.61 Å². The van der Waals surface area contributed by atoms with Crippen LogP contribution in [0.4, 0.5) is 0 Å². The molecule has 0 bridgehead atoms. The summed E-state index contributed by atoms with van der Waals surface area (Å²) in [5.41, 5.74) is -0.986. The van der Waals surface area contributed by atoms with Crippen LogP contribution in [0.1, 0.15) is 0 Å². The summed E-state index contributed by atoms with van der Waals surface area (Å²) in [6, 6.07) is 0. The van der Waals surface area contributed by atoms with Crippen molar-refractivity contribution < 1.29 is 47.5 Å². The van der Waals surface area contributed by atoms with Gasteiger partial charge in [0.05, 0.1) is 12.7 Å². The number of hydrogen-bond acceptors (Lipinski definition) is 6. The van der Waals surface area contributed by atoms with E-state index in [0.29, 0.717) is 0 Å². The maximum Gasteiger partial charge on any atom is 1.00 e. The van der Waals surface area contributed by atoms with Gasteiger partial charge in [-0.1, -0.05) is 0 Å². The minimum atomic E-state index is -1.35. The summed E-state index contributed by atoms with van der Waals surface area (Å²) in [6.45, 7) is -0.432. The molecule has 0 unspecified atom stereocenters. The van der Waals surface area contributed by atoms with Gasteiger partial charge in [0.2, 0.25) is 0 Å². The molecule has 0 aromatic heterocycles. The molecule has 0 spiro atoms. The summed E-state index contributed by atoms with van der Waals surface area (Å²) < 4.78 is 4.84. The van der Waals surface area contributed by atoms with Gasteiger partial charge in [-0.05, 0) is 5.44 Å². The number of hydrogen-bond donors (Lipinski definition) is 4. The Morgan fingerprint density at radius 2 is 1.62 bits per heavy atom. The Kier molecular flexibility index (Phi) is 6.08. The molecule has 5 atom stereocenters. The van der Waals surface area contributed by atoms with Crippen molar-refractivity contribution in [3.8, 4) is 0 Å². The molecule has 1 aliphatic heterocycles. The summed E-state index contributed by atoms with van der Waals surface area (Å²) in [5, 5.41) is 36.1. The summed E-state index contributed by atoms with van der Waals surface area (Å²) >= 11 is 4.63. The van der Waals surface area contributed by atoms with Crippen LogP contribution >= 0.6 is 0 Å². The van der Waals surface area contributed by atoms with Gasteiger partial charge in [-0.15, -0.1) is 0 Å². The summed E-state index contributed by atoms with van der Waals surface area (Å²) in [5.74, 6) is 0. The zero-order valence-electron chi connectivity index (χ0n) is 6.50. The van der Waals surface area contributed by atoms with E-state index in [9.17, 15) is 5.11 Å². The van der Waals surface area contributed by atoms with Crippen molar-refractivity contribution >= 4 is 12.6 Å². The van der Waals surface area contributed by atoms with Crippen LogP contribution < -0.4 is 0 Å². The molecule has 82 valence electrons. The standard InChI is InChI=1S/C6H12O5S.Au/c7-1-2-3(8)4(9)5(10)6(12)11-2;/h2-10,12H,1H2;/q;+1/p-1/t2-,3-,4+,5-,6-;/m0./s1. The zero-order chi connectivity index (χ0) is 9.30. The van der Waals surface area contributed by atoms with Gasteiger partial charge in [0.15, 0.2) is 0 Å². The Morgan fingerprint density at radius 3 is 2.08 bits per heavy atom. The predicted molar refractivity (Wildman–Crippen MR) is 41.1 cm³/mol. The van der Waals surface area contributed by atoms with Crippen molar-refractivity contribution in [3.63, 3.8) is 0 Å². The first kappa shape index (κ1) is 13.9. The fourth-order valence-corrected chi connectivity index (χ4v) is 1.37. The number of aliphatic hydroxyl groups is 4. The Hall–Kier alpha value is 0.890. The Balaban J connectivity index is 0.00000144. The molecule has 1 heterocycles. The molecule has 1 rings (SSSR count). The van der Waals surface area contributed by atoms with Crippen molar-refractivity contribution in [2.24, 2.45) is 0 Å². The maximum atomic E-state index is 9.18. The van der Waals surface area contributed by atoms with E-state index in [-0.39, 0.29) is 22.4 Å². The van der Waals surface area contributed by atoms with Gasteiger partial charge in [0.25, 0.3) is 0 Å². The average Bonchev–Trinajstić information content (AvgIpc) is 2.08. The summed E-state index contributed by atoms with van der Waals surface area (Å²) in [7, 11) is 0. The molecule has 0 aliphatic carbocycles. The van der Waals surface area contributed by atoms with E-state index in [2.05, 4.69) is 12.6 Å². The molecule has 0 aromatic rings. The third-order valence-corrected chi connectivity index (χ3v) is 2.24. The number of ether oxygens (including phenoxy) is 1. The van der Waals surface area contributed by atoms with Crippen LogP contribution in [0, 0.1) is 0 Å². The number of aliphatic hydroxyl groups excluding tert-OH is 4. The quantitative estimate of drug-likeness (QED) is 0.288. The first-order chi connectivity index (χ1) is 5.57. The second-order valence-electron chi connectivity index (χ2n) is 2.70. The monoisotopic (exact) mass is 392 g/mol. The van der Waals surface area contributed by atoms with Crippen molar-refractivity contribution in [1.82, 2.24) is 0 Å². The SMILES string of the molecule is OC[C@@H]1O[C@@H]([S-])[C@@H](O)[C@H](O)[C@H]1O.[Au+]. The van der Waals surface area contributed by atoms with Gasteiger partial charge in [-0.3, -0.25) is 0 Å². The predicted octanol–water partition coefficient (Wildman–Crippen LogP) is -2.67. The minimum absolute atomic E-state index is 0.